The molecule has 0 spiro atoms. The van der Waals surface area contributed by atoms with Gasteiger partial charge in [0.2, 0.25) is 0 Å². The third-order valence-electron chi connectivity index (χ3n) is 2.08. The first-order valence-corrected chi connectivity index (χ1v) is 4.16. The van der Waals surface area contributed by atoms with E-state index in [1.54, 1.807) is 0 Å². The second kappa shape index (κ2) is 2.73. The van der Waals surface area contributed by atoms with Crippen molar-refractivity contribution >= 4 is 0 Å². The van der Waals surface area contributed by atoms with Gasteiger partial charge >= 0.3 is 0 Å². The highest BCUT2D eigenvalue weighted by Crippen LogP contribution is 2.27. The van der Waals surface area contributed by atoms with E-state index in [1.165, 1.54) is 0 Å². The molecule has 2 rings (SSSR count). The summed E-state index contributed by atoms with van der Waals surface area (Å²) in [5.41, 5.74) is 0. The van der Waals surface area contributed by atoms with Crippen LogP contribution in [0.3, 0.4) is 0 Å². The van der Waals surface area contributed by atoms with Crippen molar-refractivity contribution in [2.75, 3.05) is 13.2 Å². The highest BCUT2D eigenvalue weighted by Gasteiger charge is 2.42. The van der Waals surface area contributed by atoms with Crippen LogP contribution in [0.15, 0.2) is 0 Å². The van der Waals surface area contributed by atoms with Gasteiger partial charge in [0.25, 0.3) is 0 Å². The molecule has 0 radical (unpaired) electrons. The second-order valence-corrected chi connectivity index (χ2v) is 3.49. The van der Waals surface area contributed by atoms with Crippen molar-refractivity contribution in [2.24, 2.45) is 5.92 Å². The summed E-state index contributed by atoms with van der Waals surface area (Å²) in [5, 5.41) is 0. The van der Waals surface area contributed by atoms with Crippen molar-refractivity contribution in [1.82, 2.24) is 0 Å². The smallest absolute Gasteiger partial charge is 0.160 e. The molecule has 2 saturated heterocycles. The average molecular weight is 158 g/mol. The summed E-state index contributed by atoms with van der Waals surface area (Å²) < 4.78 is 16.2. The SMILES string of the molecule is CC(C)C1OC[C@H]2O[C@@H]2CO1. The molecule has 2 fully saturated rings. The molecule has 0 saturated carbocycles. The van der Waals surface area contributed by atoms with Crippen molar-refractivity contribution in [3.63, 3.8) is 0 Å². The molecule has 0 aromatic heterocycles. The molecule has 0 N–H and O–H groups in total. The van der Waals surface area contributed by atoms with Crippen molar-refractivity contribution in [3.8, 4) is 0 Å². The molecule has 0 aromatic rings. The Morgan fingerprint density at radius 2 is 1.64 bits per heavy atom. The molecule has 2 aliphatic heterocycles. The maximum Gasteiger partial charge on any atom is 0.160 e. The van der Waals surface area contributed by atoms with Crippen LogP contribution in [-0.2, 0) is 14.2 Å². The summed E-state index contributed by atoms with van der Waals surface area (Å²) in [7, 11) is 0. The summed E-state index contributed by atoms with van der Waals surface area (Å²) >= 11 is 0. The van der Waals surface area contributed by atoms with E-state index in [-0.39, 0.29) is 6.29 Å². The Morgan fingerprint density at radius 1 is 1.09 bits per heavy atom. The first-order valence-electron chi connectivity index (χ1n) is 4.16. The van der Waals surface area contributed by atoms with Crippen LogP contribution in [0.2, 0.25) is 0 Å². The van der Waals surface area contributed by atoms with Crippen LogP contribution in [0.25, 0.3) is 0 Å². The molecule has 64 valence electrons. The maximum atomic E-state index is 5.47. The molecule has 0 unspecified atom stereocenters. The second-order valence-electron chi connectivity index (χ2n) is 3.49. The van der Waals surface area contributed by atoms with E-state index in [0.717, 1.165) is 0 Å². The van der Waals surface area contributed by atoms with Crippen molar-refractivity contribution < 1.29 is 14.2 Å². The molecule has 3 nitrogen and oxygen atoms in total. The van der Waals surface area contributed by atoms with Crippen LogP contribution in [-0.4, -0.2) is 31.7 Å². The number of fused-ring (bicyclic) bond motifs is 1. The Balaban J connectivity index is 1.86. The molecule has 0 aliphatic carbocycles. The van der Waals surface area contributed by atoms with E-state index in [9.17, 15) is 0 Å². The molecular formula is C8H14O3. The third-order valence-corrected chi connectivity index (χ3v) is 2.08. The number of hydrogen-bond donors (Lipinski definition) is 0. The Bertz CT molecular complexity index is 134. The summed E-state index contributed by atoms with van der Waals surface area (Å²) in [5.74, 6) is 0.437. The number of ether oxygens (including phenoxy) is 3. The quantitative estimate of drug-likeness (QED) is 0.528. The lowest BCUT2D eigenvalue weighted by Gasteiger charge is -2.19. The van der Waals surface area contributed by atoms with Gasteiger partial charge < -0.3 is 14.2 Å². The Hall–Kier alpha value is -0.120. The summed E-state index contributed by atoms with van der Waals surface area (Å²) in [6.45, 7) is 5.60. The molecule has 3 heteroatoms. The van der Waals surface area contributed by atoms with Gasteiger partial charge in [-0.3, -0.25) is 0 Å². The van der Waals surface area contributed by atoms with E-state index in [4.69, 9.17) is 14.2 Å². The molecule has 0 aromatic carbocycles. The highest BCUT2D eigenvalue weighted by molar-refractivity contribution is 4.86. The van der Waals surface area contributed by atoms with E-state index in [2.05, 4.69) is 13.8 Å². The van der Waals surface area contributed by atoms with Crippen molar-refractivity contribution in [3.05, 3.63) is 0 Å². The Morgan fingerprint density at radius 3 is 2.09 bits per heavy atom. The molecule has 0 amide bonds. The first kappa shape index (κ1) is 7.53. The topological polar surface area (TPSA) is 31.0 Å². The molecule has 2 atom stereocenters. The minimum Gasteiger partial charge on any atom is -0.365 e. The van der Waals surface area contributed by atoms with Crippen LogP contribution < -0.4 is 0 Å². The fourth-order valence-electron chi connectivity index (χ4n) is 1.28. The van der Waals surface area contributed by atoms with Gasteiger partial charge in [-0.2, -0.15) is 0 Å². The van der Waals surface area contributed by atoms with Gasteiger partial charge in [0.1, 0.15) is 12.2 Å². The van der Waals surface area contributed by atoms with Crippen LogP contribution >= 0.6 is 0 Å². The number of hydrogen-bond acceptors (Lipinski definition) is 3. The summed E-state index contributed by atoms with van der Waals surface area (Å²) in [6.07, 6.45) is 0.615. The zero-order valence-electron chi connectivity index (χ0n) is 6.95. The predicted molar refractivity (Wildman–Crippen MR) is 39.2 cm³/mol. The fraction of sp³-hybridized carbons (Fsp3) is 1.00. The summed E-state index contributed by atoms with van der Waals surface area (Å²) in [4.78, 5) is 0. The largest absolute Gasteiger partial charge is 0.365 e. The molecule has 2 aliphatic rings. The first-order chi connectivity index (χ1) is 5.27. The lowest BCUT2D eigenvalue weighted by atomic mass is 10.2. The van der Waals surface area contributed by atoms with E-state index in [1.807, 2.05) is 0 Å². The van der Waals surface area contributed by atoms with Crippen molar-refractivity contribution in [2.45, 2.75) is 32.3 Å². The zero-order chi connectivity index (χ0) is 7.84. The molecule has 0 bridgehead atoms. The van der Waals surface area contributed by atoms with Crippen LogP contribution in [0.1, 0.15) is 13.8 Å². The fourth-order valence-corrected chi connectivity index (χ4v) is 1.28. The molecule has 11 heavy (non-hydrogen) atoms. The normalized spacial score (nSPS) is 38.5. The minimum atomic E-state index is -0.0219. The Labute approximate surface area is 66.6 Å². The average Bonchev–Trinajstić information content (AvgIpc) is 2.60. The van der Waals surface area contributed by atoms with Gasteiger partial charge in [-0.15, -0.1) is 0 Å². The van der Waals surface area contributed by atoms with Gasteiger partial charge in [-0.05, 0) is 0 Å². The highest BCUT2D eigenvalue weighted by atomic mass is 16.7. The van der Waals surface area contributed by atoms with E-state index < -0.39 is 0 Å². The van der Waals surface area contributed by atoms with Crippen molar-refractivity contribution in [1.29, 1.82) is 0 Å². The number of epoxide rings is 1. The van der Waals surface area contributed by atoms with E-state index >= 15 is 0 Å². The van der Waals surface area contributed by atoms with Gasteiger partial charge in [0.15, 0.2) is 6.29 Å². The van der Waals surface area contributed by atoms with Crippen LogP contribution in [0.4, 0.5) is 0 Å². The molecule has 2 heterocycles. The van der Waals surface area contributed by atoms with Gasteiger partial charge in [0, 0.05) is 5.92 Å². The lowest BCUT2D eigenvalue weighted by Crippen LogP contribution is -2.23. The van der Waals surface area contributed by atoms with Gasteiger partial charge in [-0.25, -0.2) is 0 Å². The minimum absolute atomic E-state index is 0.0219. The van der Waals surface area contributed by atoms with Crippen LogP contribution in [0, 0.1) is 5.92 Å². The predicted octanol–water partition coefficient (Wildman–Crippen LogP) is 0.783. The van der Waals surface area contributed by atoms with Crippen LogP contribution in [0.5, 0.6) is 0 Å². The lowest BCUT2D eigenvalue weighted by molar-refractivity contribution is -0.165. The summed E-state index contributed by atoms with van der Waals surface area (Å²) in [6, 6.07) is 0. The monoisotopic (exact) mass is 158 g/mol. The van der Waals surface area contributed by atoms with Gasteiger partial charge in [0.05, 0.1) is 13.2 Å². The molecular weight excluding hydrogens is 144 g/mol. The maximum absolute atomic E-state index is 5.47. The zero-order valence-corrected chi connectivity index (χ0v) is 6.95. The van der Waals surface area contributed by atoms with E-state index in [0.29, 0.717) is 31.3 Å². The standard InChI is InChI=1S/C8H14O3/c1-5(2)8-9-3-6-7(11-6)4-10-8/h5-8H,3-4H2,1-2H3/t6-,7-/m1/s1. The van der Waals surface area contributed by atoms with Gasteiger partial charge in [-0.1, -0.05) is 13.8 Å². The number of rotatable bonds is 1. The third kappa shape index (κ3) is 1.55. The Kier molecular flexibility index (Phi) is 1.87.